The molecule has 2 rings (SSSR count). The number of morpholine rings is 1. The van der Waals surface area contributed by atoms with Crippen molar-refractivity contribution < 1.29 is 42.4 Å². The molecular weight excluding hydrogens is 445 g/mol. The van der Waals surface area contributed by atoms with E-state index in [1.807, 2.05) is 20.8 Å². The Balaban J connectivity index is 2.19. The Hall–Kier alpha value is -2.37. The molecule has 1 saturated heterocycles. The van der Waals surface area contributed by atoms with Gasteiger partial charge < -0.3 is 25.0 Å². The number of carbonyl (C=O) groups is 2. The Bertz CT molecular complexity index is 827. The lowest BCUT2D eigenvalue weighted by Gasteiger charge is -2.42. The summed E-state index contributed by atoms with van der Waals surface area (Å²) in [4.78, 5) is 24.6. The number of hydrogen-bond donors (Lipinski definition) is 3. The molecule has 1 aromatic carbocycles. The van der Waals surface area contributed by atoms with Crippen LogP contribution in [0.4, 0.5) is 18.0 Å². The summed E-state index contributed by atoms with van der Waals surface area (Å²) in [5.74, 6) is -0.518. The zero-order valence-electron chi connectivity index (χ0n) is 19.1. The number of rotatable bonds is 7. The van der Waals surface area contributed by atoms with Gasteiger partial charge in [0.2, 0.25) is 5.91 Å². The predicted molar refractivity (Wildman–Crippen MR) is 112 cm³/mol. The lowest BCUT2D eigenvalue weighted by molar-refractivity contribution is -0.208. The van der Waals surface area contributed by atoms with Crippen LogP contribution in [0, 0.1) is 5.41 Å². The summed E-state index contributed by atoms with van der Waals surface area (Å²) in [5.41, 5.74) is -0.800. The van der Waals surface area contributed by atoms with E-state index in [2.05, 4.69) is 5.32 Å². The Morgan fingerprint density at radius 2 is 1.97 bits per heavy atom. The van der Waals surface area contributed by atoms with Crippen molar-refractivity contribution in [1.82, 2.24) is 10.2 Å². The molecule has 0 radical (unpaired) electrons. The zero-order valence-corrected chi connectivity index (χ0v) is 19.1. The maximum Gasteiger partial charge on any atom is 0.416 e. The van der Waals surface area contributed by atoms with Gasteiger partial charge in [-0.15, -0.1) is 0 Å². The van der Waals surface area contributed by atoms with E-state index in [4.69, 9.17) is 9.47 Å². The van der Waals surface area contributed by atoms with Crippen molar-refractivity contribution >= 4 is 12.0 Å². The van der Waals surface area contributed by atoms with Crippen LogP contribution in [0.15, 0.2) is 24.3 Å². The summed E-state index contributed by atoms with van der Waals surface area (Å²) in [5, 5.41) is 23.2. The molecular formula is C22H31F3N2O6. The van der Waals surface area contributed by atoms with E-state index >= 15 is 0 Å². The highest BCUT2D eigenvalue weighted by Gasteiger charge is 2.41. The molecule has 1 fully saturated rings. The first-order chi connectivity index (χ1) is 15.2. The SMILES string of the molecule is CC(=O)N[C@@H](Cc1cccc(C(F)(F)F)c1)[C@H](O)[C@H]1CO[C@@H](OCC(C)(C)C)CN1C(=O)O. The van der Waals surface area contributed by atoms with Gasteiger partial charge in [-0.05, 0) is 23.5 Å². The van der Waals surface area contributed by atoms with Crippen LogP contribution in [0.25, 0.3) is 0 Å². The van der Waals surface area contributed by atoms with E-state index in [0.717, 1.165) is 17.0 Å². The first-order valence-electron chi connectivity index (χ1n) is 10.5. The lowest BCUT2D eigenvalue weighted by Crippen LogP contribution is -2.62. The number of carbonyl (C=O) groups excluding carboxylic acids is 1. The molecule has 3 N–H and O–H groups in total. The van der Waals surface area contributed by atoms with Crippen molar-refractivity contribution in [3.8, 4) is 0 Å². The molecule has 1 aliphatic rings. The fraction of sp³-hybridized carbons (Fsp3) is 0.636. The Labute approximate surface area is 190 Å². The molecule has 0 spiro atoms. The number of nitrogens with one attached hydrogen (secondary N) is 1. The molecule has 0 saturated carbocycles. The summed E-state index contributed by atoms with van der Waals surface area (Å²) in [6.07, 6.45) is -8.27. The van der Waals surface area contributed by atoms with Crippen LogP contribution < -0.4 is 5.32 Å². The third-order valence-electron chi connectivity index (χ3n) is 5.05. The van der Waals surface area contributed by atoms with Gasteiger partial charge >= 0.3 is 12.3 Å². The summed E-state index contributed by atoms with van der Waals surface area (Å²) in [6.45, 7) is 7.00. The number of halogens is 3. The fourth-order valence-corrected chi connectivity index (χ4v) is 3.51. The molecule has 2 amide bonds. The van der Waals surface area contributed by atoms with E-state index in [0.29, 0.717) is 6.61 Å². The van der Waals surface area contributed by atoms with Gasteiger partial charge in [0.25, 0.3) is 0 Å². The maximum atomic E-state index is 13.1. The quantitative estimate of drug-likeness (QED) is 0.559. The molecule has 0 aromatic heterocycles. The summed E-state index contributed by atoms with van der Waals surface area (Å²) in [7, 11) is 0. The molecule has 8 nitrogen and oxygen atoms in total. The molecule has 11 heteroatoms. The number of hydrogen-bond acceptors (Lipinski definition) is 5. The van der Waals surface area contributed by atoms with E-state index < -0.39 is 48.2 Å². The third-order valence-corrected chi connectivity index (χ3v) is 5.05. The first-order valence-corrected chi connectivity index (χ1v) is 10.5. The Morgan fingerprint density at radius 1 is 1.30 bits per heavy atom. The van der Waals surface area contributed by atoms with Gasteiger partial charge in [0, 0.05) is 6.92 Å². The number of aliphatic hydroxyl groups is 1. The number of nitrogens with zero attached hydrogens (tertiary/aromatic N) is 1. The number of benzene rings is 1. The second-order valence-corrected chi connectivity index (χ2v) is 9.34. The molecule has 1 aliphatic heterocycles. The van der Waals surface area contributed by atoms with Crippen molar-refractivity contribution in [2.24, 2.45) is 5.41 Å². The highest BCUT2D eigenvalue weighted by Crippen LogP contribution is 2.30. The van der Waals surface area contributed by atoms with Gasteiger partial charge in [-0.25, -0.2) is 4.79 Å². The average Bonchev–Trinajstić information content (AvgIpc) is 2.69. The molecule has 4 atom stereocenters. The molecule has 33 heavy (non-hydrogen) atoms. The summed E-state index contributed by atoms with van der Waals surface area (Å²) < 4.78 is 50.4. The molecule has 0 aliphatic carbocycles. The first kappa shape index (κ1) is 26.9. The zero-order chi connectivity index (χ0) is 25.0. The van der Waals surface area contributed by atoms with Crippen molar-refractivity contribution in [2.75, 3.05) is 19.8 Å². The number of alkyl halides is 3. The molecule has 1 aromatic rings. The van der Waals surface area contributed by atoms with Gasteiger partial charge in [0.05, 0.1) is 43.5 Å². The van der Waals surface area contributed by atoms with Crippen LogP contribution in [0.3, 0.4) is 0 Å². The monoisotopic (exact) mass is 476 g/mol. The van der Waals surface area contributed by atoms with Crippen molar-refractivity contribution in [2.45, 2.75) is 64.8 Å². The maximum absolute atomic E-state index is 13.1. The number of aliphatic hydroxyl groups excluding tert-OH is 1. The Morgan fingerprint density at radius 3 is 2.52 bits per heavy atom. The topological polar surface area (TPSA) is 108 Å². The van der Waals surface area contributed by atoms with Crippen molar-refractivity contribution in [1.29, 1.82) is 0 Å². The molecule has 186 valence electrons. The van der Waals surface area contributed by atoms with Gasteiger partial charge in [-0.2, -0.15) is 13.2 Å². The lowest BCUT2D eigenvalue weighted by atomic mass is 9.94. The predicted octanol–water partition coefficient (Wildman–Crippen LogP) is 2.88. The van der Waals surface area contributed by atoms with E-state index in [1.54, 1.807) is 0 Å². The van der Waals surface area contributed by atoms with Gasteiger partial charge in [-0.1, -0.05) is 39.0 Å². The standard InChI is InChI=1S/C22H31F3N2O6/c1-13(28)26-16(9-14-6-5-7-15(8-14)22(23,24)25)19(29)17-11-32-18(10-27(17)20(30)31)33-12-21(2,3)4/h5-8,16-19,29H,9-12H2,1-4H3,(H,26,28)(H,30,31)/t16-,17+,18-,19-/m0/s1. The van der Waals surface area contributed by atoms with Crippen molar-refractivity contribution in [3.05, 3.63) is 35.4 Å². The van der Waals surface area contributed by atoms with E-state index in [1.165, 1.54) is 19.1 Å². The second kappa shape index (κ2) is 10.7. The molecule has 0 bridgehead atoms. The molecule has 1 heterocycles. The fourth-order valence-electron chi connectivity index (χ4n) is 3.51. The van der Waals surface area contributed by atoms with Gasteiger partial charge in [-0.3, -0.25) is 9.69 Å². The van der Waals surface area contributed by atoms with E-state index in [9.17, 15) is 33.0 Å². The Kier molecular flexibility index (Phi) is 8.72. The highest BCUT2D eigenvalue weighted by molar-refractivity contribution is 5.73. The van der Waals surface area contributed by atoms with Crippen LogP contribution in [0.2, 0.25) is 0 Å². The number of carboxylic acid groups (broad SMARTS) is 1. The normalized spacial score (nSPS) is 21.4. The van der Waals surface area contributed by atoms with Gasteiger partial charge in [0.1, 0.15) is 0 Å². The van der Waals surface area contributed by atoms with Crippen LogP contribution in [0.5, 0.6) is 0 Å². The second-order valence-electron chi connectivity index (χ2n) is 9.34. The summed E-state index contributed by atoms with van der Waals surface area (Å²) in [6, 6.07) is 2.43. The number of ether oxygens (including phenoxy) is 2. The minimum absolute atomic E-state index is 0.140. The number of amides is 2. The average molecular weight is 476 g/mol. The summed E-state index contributed by atoms with van der Waals surface area (Å²) >= 11 is 0. The van der Waals surface area contributed by atoms with Crippen LogP contribution in [-0.4, -0.2) is 71.3 Å². The van der Waals surface area contributed by atoms with Crippen LogP contribution in [-0.2, 0) is 26.9 Å². The third kappa shape index (κ3) is 8.17. The minimum Gasteiger partial charge on any atom is -0.465 e. The molecule has 0 unspecified atom stereocenters. The van der Waals surface area contributed by atoms with Crippen LogP contribution >= 0.6 is 0 Å². The van der Waals surface area contributed by atoms with Crippen LogP contribution in [0.1, 0.15) is 38.8 Å². The largest absolute Gasteiger partial charge is 0.465 e. The highest BCUT2D eigenvalue weighted by atomic mass is 19.4. The smallest absolute Gasteiger partial charge is 0.416 e. The van der Waals surface area contributed by atoms with Gasteiger partial charge in [0.15, 0.2) is 6.29 Å². The van der Waals surface area contributed by atoms with Crippen molar-refractivity contribution in [3.63, 3.8) is 0 Å². The minimum atomic E-state index is -4.54. The van der Waals surface area contributed by atoms with E-state index in [-0.39, 0.29) is 30.6 Å².